The van der Waals surface area contributed by atoms with Gasteiger partial charge in [0.25, 0.3) is 0 Å². The minimum atomic E-state index is -0.631. The SMILES string of the molecule is CC(C)(C)OC(=O)C1CCCN1CC1CC(c2ccc(CO)cc2)OC(c2ccc(CNC(=O)CCCCC(=O)NO)cc2)O1. The van der Waals surface area contributed by atoms with E-state index in [-0.39, 0.29) is 43.2 Å². The van der Waals surface area contributed by atoms with Crippen LogP contribution in [0.25, 0.3) is 0 Å². The molecule has 2 amide bonds. The molecule has 2 aliphatic heterocycles. The zero-order valence-corrected chi connectivity index (χ0v) is 26.5. The van der Waals surface area contributed by atoms with Gasteiger partial charge >= 0.3 is 5.97 Å². The average molecular weight is 626 g/mol. The Morgan fingerprint density at radius 3 is 2.22 bits per heavy atom. The lowest BCUT2D eigenvalue weighted by atomic mass is 9.99. The molecule has 2 heterocycles. The second-order valence-corrected chi connectivity index (χ2v) is 12.8. The van der Waals surface area contributed by atoms with Crippen LogP contribution in [-0.4, -0.2) is 63.8 Å². The number of aliphatic hydroxyl groups excluding tert-OH is 1. The van der Waals surface area contributed by atoms with Crippen LogP contribution in [0.5, 0.6) is 0 Å². The van der Waals surface area contributed by atoms with E-state index in [2.05, 4.69) is 10.2 Å². The van der Waals surface area contributed by atoms with Gasteiger partial charge < -0.3 is 24.6 Å². The van der Waals surface area contributed by atoms with E-state index < -0.39 is 17.8 Å². The molecule has 45 heavy (non-hydrogen) atoms. The number of amides is 2. The average Bonchev–Trinajstić information content (AvgIpc) is 3.49. The van der Waals surface area contributed by atoms with Gasteiger partial charge in [-0.3, -0.25) is 24.5 Å². The van der Waals surface area contributed by atoms with Gasteiger partial charge in [0.2, 0.25) is 11.8 Å². The number of rotatable bonds is 13. The first-order chi connectivity index (χ1) is 21.5. The molecule has 2 saturated heterocycles. The molecule has 2 aromatic rings. The number of hydroxylamine groups is 1. The number of carbonyl (C=O) groups is 3. The van der Waals surface area contributed by atoms with E-state index in [0.717, 1.165) is 41.6 Å². The highest BCUT2D eigenvalue weighted by atomic mass is 16.7. The van der Waals surface area contributed by atoms with Gasteiger partial charge in [-0.25, -0.2) is 5.48 Å². The Labute approximate surface area is 265 Å². The topological polar surface area (TPSA) is 147 Å². The van der Waals surface area contributed by atoms with Crippen molar-refractivity contribution in [3.63, 3.8) is 0 Å². The van der Waals surface area contributed by atoms with Crippen molar-refractivity contribution in [1.29, 1.82) is 0 Å². The molecule has 0 radical (unpaired) electrons. The number of esters is 1. The van der Waals surface area contributed by atoms with E-state index in [1.54, 1.807) is 5.48 Å². The Morgan fingerprint density at radius 1 is 0.933 bits per heavy atom. The third kappa shape index (κ3) is 10.6. The lowest BCUT2D eigenvalue weighted by Crippen LogP contribution is -2.45. The lowest BCUT2D eigenvalue weighted by Gasteiger charge is -2.38. The van der Waals surface area contributed by atoms with Crippen LogP contribution in [0.2, 0.25) is 0 Å². The maximum Gasteiger partial charge on any atom is 0.323 e. The standard InChI is InChI=1S/C34H47N3O8/c1-34(2,3)45-32(41)28-7-6-18-37(28)21-27-19-29(25-14-12-24(22-38)13-15-25)44-33(43-27)26-16-10-23(11-17-26)20-35-30(39)8-4-5-9-31(40)36-42/h10-17,27-29,33,38,42H,4-9,18-22H2,1-3H3,(H,35,39)(H,36,40). The first kappa shape index (κ1) is 34.5. The fraction of sp³-hybridized carbons (Fsp3) is 0.559. The molecule has 2 aromatic carbocycles. The molecule has 11 heteroatoms. The molecule has 2 fully saturated rings. The van der Waals surface area contributed by atoms with Crippen molar-refractivity contribution in [2.24, 2.45) is 0 Å². The third-order valence-electron chi connectivity index (χ3n) is 8.02. The van der Waals surface area contributed by atoms with Crippen molar-refractivity contribution in [1.82, 2.24) is 15.7 Å². The maximum atomic E-state index is 13.0. The minimum absolute atomic E-state index is 0.0304. The lowest BCUT2D eigenvalue weighted by molar-refractivity contribution is -0.253. The van der Waals surface area contributed by atoms with E-state index in [1.165, 1.54) is 0 Å². The van der Waals surface area contributed by atoms with E-state index in [4.69, 9.17) is 19.4 Å². The Morgan fingerprint density at radius 2 is 1.58 bits per heavy atom. The summed E-state index contributed by atoms with van der Waals surface area (Å²) < 4.78 is 18.7. The molecule has 246 valence electrons. The van der Waals surface area contributed by atoms with Crippen LogP contribution >= 0.6 is 0 Å². The van der Waals surface area contributed by atoms with Crippen molar-refractivity contribution < 1.29 is 38.9 Å². The number of carbonyl (C=O) groups excluding carboxylic acids is 3. The van der Waals surface area contributed by atoms with E-state index >= 15 is 0 Å². The van der Waals surface area contributed by atoms with Crippen LogP contribution in [-0.2, 0) is 41.7 Å². The van der Waals surface area contributed by atoms with E-state index in [0.29, 0.717) is 38.8 Å². The molecule has 0 bridgehead atoms. The molecule has 4 atom stereocenters. The Bertz CT molecular complexity index is 1260. The zero-order valence-electron chi connectivity index (χ0n) is 26.5. The summed E-state index contributed by atoms with van der Waals surface area (Å²) in [5, 5.41) is 20.9. The number of hydrogen-bond acceptors (Lipinski definition) is 9. The first-order valence-electron chi connectivity index (χ1n) is 15.8. The highest BCUT2D eigenvalue weighted by molar-refractivity contribution is 5.77. The van der Waals surface area contributed by atoms with E-state index in [9.17, 15) is 19.5 Å². The van der Waals surface area contributed by atoms with E-state index in [1.807, 2.05) is 69.3 Å². The molecule has 0 saturated carbocycles. The summed E-state index contributed by atoms with van der Waals surface area (Å²) in [4.78, 5) is 38.5. The van der Waals surface area contributed by atoms with Crippen LogP contribution < -0.4 is 10.8 Å². The van der Waals surface area contributed by atoms with Crippen molar-refractivity contribution in [2.75, 3.05) is 13.1 Å². The van der Waals surface area contributed by atoms with Gasteiger partial charge in [0, 0.05) is 37.9 Å². The number of nitrogens with one attached hydrogen (secondary N) is 2. The van der Waals surface area contributed by atoms with Crippen LogP contribution in [0, 0.1) is 0 Å². The molecule has 0 spiro atoms. The summed E-state index contributed by atoms with van der Waals surface area (Å²) in [5.74, 6) is -0.761. The molecule has 0 aromatic heterocycles. The maximum absolute atomic E-state index is 13.0. The first-order valence-corrected chi connectivity index (χ1v) is 15.8. The van der Waals surface area contributed by atoms with Crippen molar-refractivity contribution in [2.45, 2.75) is 109 Å². The second-order valence-electron chi connectivity index (χ2n) is 12.8. The van der Waals surface area contributed by atoms with Crippen molar-refractivity contribution in [3.05, 3.63) is 70.8 Å². The number of unbranched alkanes of at least 4 members (excludes halogenated alkanes) is 1. The molecule has 0 aliphatic carbocycles. The summed E-state index contributed by atoms with van der Waals surface area (Å²) in [6.07, 6.45) is 2.76. The molecule has 2 aliphatic rings. The highest BCUT2D eigenvalue weighted by Gasteiger charge is 2.38. The Hall–Kier alpha value is -3.35. The third-order valence-corrected chi connectivity index (χ3v) is 8.02. The van der Waals surface area contributed by atoms with Gasteiger partial charge in [-0.1, -0.05) is 48.5 Å². The number of aliphatic hydroxyl groups is 1. The number of ether oxygens (including phenoxy) is 3. The van der Waals surface area contributed by atoms with Gasteiger partial charge in [0.05, 0.1) is 18.8 Å². The number of likely N-dealkylation sites (tertiary alicyclic amines) is 1. The number of nitrogens with zero attached hydrogens (tertiary/aromatic N) is 1. The summed E-state index contributed by atoms with van der Waals surface area (Å²) in [6, 6.07) is 15.2. The fourth-order valence-electron chi connectivity index (χ4n) is 5.68. The zero-order chi connectivity index (χ0) is 32.4. The predicted molar refractivity (Wildman–Crippen MR) is 166 cm³/mol. The summed E-state index contributed by atoms with van der Waals surface area (Å²) in [7, 11) is 0. The minimum Gasteiger partial charge on any atom is -0.459 e. The molecule has 4 unspecified atom stereocenters. The number of hydrogen-bond donors (Lipinski definition) is 4. The Balaban J connectivity index is 1.40. The monoisotopic (exact) mass is 625 g/mol. The molecular weight excluding hydrogens is 578 g/mol. The van der Waals surface area contributed by atoms with Gasteiger partial charge in [-0.2, -0.15) is 0 Å². The van der Waals surface area contributed by atoms with Crippen LogP contribution in [0.1, 0.15) is 100 Å². The van der Waals surface area contributed by atoms with Crippen molar-refractivity contribution in [3.8, 4) is 0 Å². The highest BCUT2D eigenvalue weighted by Crippen LogP contribution is 2.39. The van der Waals surface area contributed by atoms with Gasteiger partial charge in [-0.05, 0) is 69.7 Å². The van der Waals surface area contributed by atoms with Gasteiger partial charge in [0.15, 0.2) is 6.29 Å². The Kier molecular flexibility index (Phi) is 12.5. The van der Waals surface area contributed by atoms with Crippen molar-refractivity contribution >= 4 is 17.8 Å². The molecular formula is C34H47N3O8. The summed E-state index contributed by atoms with van der Waals surface area (Å²) in [6.45, 7) is 7.35. The van der Waals surface area contributed by atoms with Crippen LogP contribution in [0.3, 0.4) is 0 Å². The van der Waals surface area contributed by atoms with Gasteiger partial charge in [0.1, 0.15) is 11.6 Å². The molecule has 4 N–H and O–H groups in total. The quantitative estimate of drug-likeness (QED) is 0.111. The fourth-order valence-corrected chi connectivity index (χ4v) is 5.68. The summed E-state index contributed by atoms with van der Waals surface area (Å²) in [5.41, 5.74) is 4.63. The van der Waals surface area contributed by atoms with Crippen LogP contribution in [0.15, 0.2) is 48.5 Å². The predicted octanol–water partition coefficient (Wildman–Crippen LogP) is 4.21. The normalized spacial score (nSPS) is 22.2. The second kappa shape index (κ2) is 16.3. The molecule has 4 rings (SSSR count). The smallest absolute Gasteiger partial charge is 0.323 e. The van der Waals surface area contributed by atoms with Gasteiger partial charge in [-0.15, -0.1) is 0 Å². The van der Waals surface area contributed by atoms with Crippen LogP contribution in [0.4, 0.5) is 0 Å². The largest absolute Gasteiger partial charge is 0.459 e. The summed E-state index contributed by atoms with van der Waals surface area (Å²) >= 11 is 0. The number of benzene rings is 2. The molecule has 11 nitrogen and oxygen atoms in total.